The van der Waals surface area contributed by atoms with Crippen molar-refractivity contribution in [3.63, 3.8) is 0 Å². The fraction of sp³-hybridized carbons (Fsp3) is 0.636. The molecule has 2 heterocycles. The largest absolute Gasteiger partial charge is 0.480 e. The summed E-state index contributed by atoms with van der Waals surface area (Å²) >= 11 is 3.35. The van der Waals surface area contributed by atoms with Crippen LogP contribution >= 0.6 is 15.9 Å². The Morgan fingerprint density at radius 1 is 1.38 bits per heavy atom. The second-order valence-electron chi connectivity index (χ2n) is 4.39. The first-order valence-corrected chi connectivity index (χ1v) is 6.22. The molecule has 2 unspecified atom stereocenters. The molecule has 0 aliphatic carbocycles. The van der Waals surface area contributed by atoms with Gasteiger partial charge in [0.1, 0.15) is 0 Å². The maximum Gasteiger partial charge on any atom is 0.232 e. The first-order valence-electron chi connectivity index (χ1n) is 5.43. The van der Waals surface area contributed by atoms with Crippen LogP contribution in [0, 0.1) is 11.8 Å². The van der Waals surface area contributed by atoms with E-state index in [1.807, 2.05) is 0 Å². The van der Waals surface area contributed by atoms with Crippen molar-refractivity contribution in [2.24, 2.45) is 11.8 Å². The first kappa shape index (κ1) is 11.6. The summed E-state index contributed by atoms with van der Waals surface area (Å²) in [6, 6.07) is 0. The molecular formula is C11H16BrN3O. The zero-order valence-corrected chi connectivity index (χ0v) is 11.4. The lowest BCUT2D eigenvalue weighted by Crippen LogP contribution is -2.22. The topological polar surface area (TPSA) is 38.2 Å². The van der Waals surface area contributed by atoms with Gasteiger partial charge in [0.25, 0.3) is 0 Å². The van der Waals surface area contributed by atoms with Crippen LogP contribution in [0.15, 0.2) is 10.7 Å². The first-order chi connectivity index (χ1) is 7.61. The molecular weight excluding hydrogens is 270 g/mol. The van der Waals surface area contributed by atoms with Crippen LogP contribution in [-0.2, 0) is 0 Å². The normalized spacial score (nSPS) is 24.9. The van der Waals surface area contributed by atoms with Crippen LogP contribution < -0.4 is 9.64 Å². The van der Waals surface area contributed by atoms with E-state index in [2.05, 4.69) is 44.6 Å². The van der Waals surface area contributed by atoms with Crippen LogP contribution in [0.5, 0.6) is 5.88 Å². The van der Waals surface area contributed by atoms with Gasteiger partial charge in [-0.2, -0.15) is 4.98 Å². The second-order valence-corrected chi connectivity index (χ2v) is 5.24. The van der Waals surface area contributed by atoms with Gasteiger partial charge in [-0.05, 0) is 27.8 Å². The number of hydrogen-bond donors (Lipinski definition) is 0. The Bertz CT molecular complexity index is 375. The molecule has 16 heavy (non-hydrogen) atoms. The number of methoxy groups -OCH3 is 1. The van der Waals surface area contributed by atoms with Crippen LogP contribution in [0.25, 0.3) is 0 Å². The van der Waals surface area contributed by atoms with Crippen molar-refractivity contribution < 1.29 is 4.74 Å². The van der Waals surface area contributed by atoms with E-state index in [1.54, 1.807) is 13.3 Å². The predicted molar refractivity (Wildman–Crippen MR) is 66.8 cm³/mol. The summed E-state index contributed by atoms with van der Waals surface area (Å²) in [6.07, 6.45) is 1.74. The summed E-state index contributed by atoms with van der Waals surface area (Å²) in [5.41, 5.74) is 0. The highest BCUT2D eigenvalue weighted by Crippen LogP contribution is 2.28. The highest BCUT2D eigenvalue weighted by atomic mass is 79.9. The number of nitrogens with zero attached hydrogens (tertiary/aromatic N) is 3. The monoisotopic (exact) mass is 285 g/mol. The Morgan fingerprint density at radius 3 is 2.56 bits per heavy atom. The predicted octanol–water partition coefficient (Wildman–Crippen LogP) is 2.34. The minimum absolute atomic E-state index is 0.595. The van der Waals surface area contributed by atoms with Crippen molar-refractivity contribution in [2.45, 2.75) is 13.8 Å². The smallest absolute Gasteiger partial charge is 0.232 e. The van der Waals surface area contributed by atoms with Gasteiger partial charge >= 0.3 is 0 Å². The van der Waals surface area contributed by atoms with E-state index in [0.717, 1.165) is 23.5 Å². The van der Waals surface area contributed by atoms with Crippen LogP contribution in [0.2, 0.25) is 0 Å². The van der Waals surface area contributed by atoms with E-state index in [-0.39, 0.29) is 0 Å². The Morgan fingerprint density at radius 2 is 2.00 bits per heavy atom. The summed E-state index contributed by atoms with van der Waals surface area (Å²) < 4.78 is 5.97. The Hall–Kier alpha value is -0.840. The Balaban J connectivity index is 2.22. The van der Waals surface area contributed by atoms with Crippen molar-refractivity contribution in [3.05, 3.63) is 10.7 Å². The molecule has 0 bridgehead atoms. The molecule has 0 saturated carbocycles. The number of rotatable bonds is 2. The summed E-state index contributed by atoms with van der Waals surface area (Å²) in [4.78, 5) is 10.9. The van der Waals surface area contributed by atoms with Crippen LogP contribution in [0.1, 0.15) is 13.8 Å². The molecule has 88 valence electrons. The summed E-state index contributed by atoms with van der Waals surface area (Å²) in [6.45, 7) is 6.57. The molecule has 5 heteroatoms. The molecule has 1 aromatic heterocycles. The molecule has 2 rings (SSSR count). The molecule has 4 nitrogen and oxygen atoms in total. The fourth-order valence-electron chi connectivity index (χ4n) is 1.93. The van der Waals surface area contributed by atoms with Gasteiger partial charge in [0, 0.05) is 13.1 Å². The SMILES string of the molecule is COc1nc(N2CC(C)C(C)C2)ncc1Br. The molecule has 0 aromatic carbocycles. The average Bonchev–Trinajstić information content (AvgIpc) is 2.60. The van der Waals surface area contributed by atoms with Gasteiger partial charge in [0.15, 0.2) is 0 Å². The van der Waals surface area contributed by atoms with Gasteiger partial charge in [0.05, 0.1) is 17.8 Å². The van der Waals surface area contributed by atoms with Crippen molar-refractivity contribution in [2.75, 3.05) is 25.1 Å². The van der Waals surface area contributed by atoms with E-state index in [9.17, 15) is 0 Å². The third-order valence-corrected chi connectivity index (χ3v) is 3.71. The van der Waals surface area contributed by atoms with Crippen LogP contribution in [0.4, 0.5) is 5.95 Å². The van der Waals surface area contributed by atoms with Gasteiger partial charge in [-0.3, -0.25) is 0 Å². The number of halogens is 1. The van der Waals surface area contributed by atoms with Gasteiger partial charge in [-0.15, -0.1) is 0 Å². The summed E-state index contributed by atoms with van der Waals surface area (Å²) in [7, 11) is 1.62. The third-order valence-electron chi connectivity index (χ3n) is 3.16. The zero-order valence-electron chi connectivity index (χ0n) is 9.77. The lowest BCUT2D eigenvalue weighted by Gasteiger charge is -2.16. The highest BCUT2D eigenvalue weighted by molar-refractivity contribution is 9.10. The summed E-state index contributed by atoms with van der Waals surface area (Å²) in [5, 5.41) is 0. The van der Waals surface area contributed by atoms with E-state index < -0.39 is 0 Å². The highest BCUT2D eigenvalue weighted by Gasteiger charge is 2.28. The molecule has 1 aliphatic heterocycles. The molecule has 1 aromatic rings. The molecule has 0 spiro atoms. The maximum absolute atomic E-state index is 5.17. The Labute approximate surface area is 104 Å². The van der Waals surface area contributed by atoms with Crippen molar-refractivity contribution in [1.82, 2.24) is 9.97 Å². The molecule has 0 N–H and O–H groups in total. The van der Waals surface area contributed by atoms with E-state index in [1.165, 1.54) is 0 Å². The lowest BCUT2D eigenvalue weighted by molar-refractivity contribution is 0.394. The summed E-state index contributed by atoms with van der Waals surface area (Å²) in [5.74, 6) is 2.74. The standard InChI is InChI=1S/C11H16BrN3O/c1-7-5-15(6-8(7)2)11-13-4-9(12)10(14-11)16-3/h4,7-8H,5-6H2,1-3H3. The minimum atomic E-state index is 0.595. The number of anilines is 1. The van der Waals surface area contributed by atoms with Gasteiger partial charge in [-0.25, -0.2) is 4.98 Å². The van der Waals surface area contributed by atoms with E-state index >= 15 is 0 Å². The van der Waals surface area contributed by atoms with Crippen LogP contribution in [0.3, 0.4) is 0 Å². The average molecular weight is 286 g/mol. The quantitative estimate of drug-likeness (QED) is 0.836. The Kier molecular flexibility index (Phi) is 3.33. The molecule has 1 fully saturated rings. The fourth-order valence-corrected chi connectivity index (χ4v) is 2.28. The molecule has 2 atom stereocenters. The van der Waals surface area contributed by atoms with Crippen LogP contribution in [-0.4, -0.2) is 30.2 Å². The minimum Gasteiger partial charge on any atom is -0.480 e. The number of hydrogen-bond acceptors (Lipinski definition) is 4. The van der Waals surface area contributed by atoms with Crippen molar-refractivity contribution in [3.8, 4) is 5.88 Å². The van der Waals surface area contributed by atoms with E-state index in [0.29, 0.717) is 17.7 Å². The number of ether oxygens (including phenoxy) is 1. The number of aromatic nitrogens is 2. The molecule has 0 amide bonds. The van der Waals surface area contributed by atoms with Gasteiger partial charge in [-0.1, -0.05) is 13.8 Å². The third kappa shape index (κ3) is 2.14. The lowest BCUT2D eigenvalue weighted by atomic mass is 10.0. The zero-order chi connectivity index (χ0) is 11.7. The maximum atomic E-state index is 5.17. The van der Waals surface area contributed by atoms with Gasteiger partial charge < -0.3 is 9.64 Å². The molecule has 0 radical (unpaired) electrons. The van der Waals surface area contributed by atoms with Crippen molar-refractivity contribution >= 4 is 21.9 Å². The van der Waals surface area contributed by atoms with Crippen molar-refractivity contribution in [1.29, 1.82) is 0 Å². The van der Waals surface area contributed by atoms with E-state index in [4.69, 9.17) is 4.74 Å². The molecule has 1 aliphatic rings. The molecule has 1 saturated heterocycles. The second kappa shape index (κ2) is 4.57. The van der Waals surface area contributed by atoms with Gasteiger partial charge in [0.2, 0.25) is 11.8 Å².